The minimum Gasteiger partial charge on any atom is -0.492 e. The number of halogens is 2. The number of ether oxygens (including phenoxy) is 4. The standard InChI is InChI=1S/C20H25ClN4O3.C16H21ClN4O2/c1-24-19(17(21)13-22-24)16-12-15(23-20(26)14-2-3-14)4-5-18(16)28-11-8-25-6-9-27-10-7-25;1-20-16(14(17)11-19-20)13-10-12(18)2-3-15(13)23-9-6-21-4-7-22-8-5-21/h4-5,12-14H,2-3,6-11H2,1H3,(H,23,26);2-3,10-11H,4-9,18H2,1H3. The Morgan fingerprint density at radius 3 is 1.76 bits per heavy atom. The van der Waals surface area contributed by atoms with E-state index in [0.717, 1.165) is 118 Å². The summed E-state index contributed by atoms with van der Waals surface area (Å²) < 4.78 is 26.3. The molecule has 2 aromatic carbocycles. The topological polar surface area (TPSA) is 134 Å². The number of nitrogen functional groups attached to an aromatic ring is 1. The van der Waals surface area contributed by atoms with Gasteiger partial charge >= 0.3 is 0 Å². The smallest absolute Gasteiger partial charge is 0.227 e. The Bertz CT molecular complexity index is 1730. The molecule has 274 valence electrons. The van der Waals surface area contributed by atoms with Crippen molar-refractivity contribution in [1.29, 1.82) is 0 Å². The summed E-state index contributed by atoms with van der Waals surface area (Å²) in [6.07, 6.45) is 5.17. The first kappa shape index (κ1) is 36.9. The number of anilines is 2. The molecule has 0 unspecified atom stereocenters. The lowest BCUT2D eigenvalue weighted by Crippen LogP contribution is -2.38. The van der Waals surface area contributed by atoms with Crippen molar-refractivity contribution in [3.63, 3.8) is 0 Å². The van der Waals surface area contributed by atoms with E-state index in [9.17, 15) is 4.79 Å². The van der Waals surface area contributed by atoms with Gasteiger partial charge in [0.2, 0.25) is 5.91 Å². The van der Waals surface area contributed by atoms with Crippen LogP contribution in [0, 0.1) is 5.92 Å². The molecule has 13 nitrogen and oxygen atoms in total. The van der Waals surface area contributed by atoms with E-state index in [-0.39, 0.29) is 11.8 Å². The Morgan fingerprint density at radius 2 is 1.29 bits per heavy atom. The van der Waals surface area contributed by atoms with Crippen LogP contribution in [-0.2, 0) is 28.4 Å². The van der Waals surface area contributed by atoms with Crippen molar-refractivity contribution in [2.75, 3.05) is 90.0 Å². The summed E-state index contributed by atoms with van der Waals surface area (Å²) in [5.41, 5.74) is 10.6. The maximum absolute atomic E-state index is 12.1. The SMILES string of the molecule is Cn1ncc(Cl)c1-c1cc(N)ccc1OCCN1CCOCC1.Cn1ncc(Cl)c1-c1cc(NC(=O)C2CC2)ccc1OCCN1CCOCC1. The average Bonchev–Trinajstić information content (AvgIpc) is 3.87. The van der Waals surface area contributed by atoms with Gasteiger partial charge in [0.05, 0.1) is 60.3 Å². The zero-order chi connectivity index (χ0) is 35.7. The van der Waals surface area contributed by atoms with Crippen LogP contribution in [-0.4, -0.2) is 114 Å². The number of hydrogen-bond donors (Lipinski definition) is 2. The van der Waals surface area contributed by atoms with Crippen LogP contribution in [0.15, 0.2) is 48.8 Å². The zero-order valence-electron chi connectivity index (χ0n) is 29.2. The Kier molecular flexibility index (Phi) is 12.7. The molecule has 2 aromatic heterocycles. The largest absolute Gasteiger partial charge is 0.492 e. The van der Waals surface area contributed by atoms with Gasteiger partial charge in [0.15, 0.2) is 0 Å². The van der Waals surface area contributed by atoms with E-state index in [4.69, 9.17) is 47.9 Å². The third-order valence-electron chi connectivity index (χ3n) is 9.03. The number of morpholine rings is 2. The monoisotopic (exact) mass is 740 g/mol. The van der Waals surface area contributed by atoms with Gasteiger partial charge in [-0.05, 0) is 49.2 Å². The fourth-order valence-electron chi connectivity index (χ4n) is 6.01. The van der Waals surface area contributed by atoms with Crippen LogP contribution >= 0.6 is 23.2 Å². The normalized spacial score (nSPS) is 16.7. The second-order valence-electron chi connectivity index (χ2n) is 12.8. The Labute approximate surface area is 308 Å². The molecular formula is C36H46Cl2N8O5. The number of carbonyl (C=O) groups excluding carboxylic acids is 1. The molecule has 0 spiro atoms. The third kappa shape index (κ3) is 9.94. The van der Waals surface area contributed by atoms with Crippen molar-refractivity contribution in [2.24, 2.45) is 20.0 Å². The first-order valence-electron chi connectivity index (χ1n) is 17.3. The van der Waals surface area contributed by atoms with Gasteiger partial charge in [0.1, 0.15) is 24.7 Å². The van der Waals surface area contributed by atoms with E-state index >= 15 is 0 Å². The minimum atomic E-state index is 0.0723. The highest BCUT2D eigenvalue weighted by molar-refractivity contribution is 6.33. The summed E-state index contributed by atoms with van der Waals surface area (Å²) in [7, 11) is 3.69. The van der Waals surface area contributed by atoms with Gasteiger partial charge in [-0.2, -0.15) is 10.2 Å². The molecule has 7 rings (SSSR count). The second-order valence-corrected chi connectivity index (χ2v) is 13.6. The van der Waals surface area contributed by atoms with Crippen molar-refractivity contribution in [3.05, 3.63) is 58.8 Å². The summed E-state index contributed by atoms with van der Waals surface area (Å²) in [6, 6.07) is 11.3. The van der Waals surface area contributed by atoms with Crippen molar-refractivity contribution >= 4 is 40.5 Å². The Hall–Kier alpha value is -3.85. The van der Waals surface area contributed by atoms with Crippen LogP contribution in [0.5, 0.6) is 11.5 Å². The van der Waals surface area contributed by atoms with Crippen LogP contribution in [0.1, 0.15) is 12.8 Å². The van der Waals surface area contributed by atoms with E-state index in [2.05, 4.69) is 25.3 Å². The van der Waals surface area contributed by atoms with E-state index in [0.29, 0.717) is 28.9 Å². The fraction of sp³-hybridized carbons (Fsp3) is 0.472. The van der Waals surface area contributed by atoms with Gasteiger partial charge in [0.25, 0.3) is 0 Å². The van der Waals surface area contributed by atoms with Gasteiger partial charge in [-0.15, -0.1) is 0 Å². The summed E-state index contributed by atoms with van der Waals surface area (Å²) >= 11 is 12.6. The number of nitrogens with two attached hydrogens (primary N) is 1. The van der Waals surface area contributed by atoms with Gasteiger partial charge in [0, 0.05) is 81.8 Å². The van der Waals surface area contributed by atoms with Crippen LogP contribution in [0.25, 0.3) is 22.5 Å². The molecule has 2 saturated heterocycles. The number of aryl methyl sites for hydroxylation is 2. The number of benzene rings is 2. The Morgan fingerprint density at radius 1 is 0.804 bits per heavy atom. The van der Waals surface area contributed by atoms with Gasteiger partial charge < -0.3 is 30.0 Å². The number of nitrogens with zero attached hydrogens (tertiary/aromatic N) is 6. The zero-order valence-corrected chi connectivity index (χ0v) is 30.7. The highest BCUT2D eigenvalue weighted by Gasteiger charge is 2.30. The molecule has 51 heavy (non-hydrogen) atoms. The molecule has 3 aliphatic rings. The molecule has 2 aliphatic heterocycles. The summed E-state index contributed by atoms with van der Waals surface area (Å²) in [5.74, 6) is 1.71. The quantitative estimate of drug-likeness (QED) is 0.195. The first-order chi connectivity index (χ1) is 24.8. The minimum absolute atomic E-state index is 0.0723. The highest BCUT2D eigenvalue weighted by atomic mass is 35.5. The summed E-state index contributed by atoms with van der Waals surface area (Å²) in [5, 5.41) is 12.5. The lowest BCUT2D eigenvalue weighted by atomic mass is 10.1. The van der Waals surface area contributed by atoms with E-state index in [1.165, 1.54) is 0 Å². The second kappa shape index (κ2) is 17.6. The Balaban J connectivity index is 0.000000179. The first-order valence-corrected chi connectivity index (χ1v) is 18.1. The van der Waals surface area contributed by atoms with E-state index < -0.39 is 0 Å². The summed E-state index contributed by atoms with van der Waals surface area (Å²) in [4.78, 5) is 16.8. The number of aromatic nitrogens is 4. The van der Waals surface area contributed by atoms with Crippen molar-refractivity contribution in [3.8, 4) is 34.0 Å². The molecule has 0 atom stereocenters. The predicted octanol–water partition coefficient (Wildman–Crippen LogP) is 4.83. The lowest BCUT2D eigenvalue weighted by Gasteiger charge is -2.26. The molecule has 3 fully saturated rings. The van der Waals surface area contributed by atoms with Crippen LogP contribution in [0.3, 0.4) is 0 Å². The van der Waals surface area contributed by atoms with Crippen molar-refractivity contribution in [1.82, 2.24) is 29.4 Å². The average molecular weight is 742 g/mol. The number of nitrogens with one attached hydrogen (secondary N) is 1. The van der Waals surface area contributed by atoms with Crippen LogP contribution in [0.2, 0.25) is 10.0 Å². The van der Waals surface area contributed by atoms with Crippen molar-refractivity contribution < 1.29 is 23.7 Å². The number of carbonyl (C=O) groups is 1. The number of hydrogen-bond acceptors (Lipinski definition) is 10. The summed E-state index contributed by atoms with van der Waals surface area (Å²) in [6.45, 7) is 9.74. The number of amides is 1. The molecular weight excluding hydrogens is 695 g/mol. The predicted molar refractivity (Wildman–Crippen MR) is 199 cm³/mol. The third-order valence-corrected chi connectivity index (χ3v) is 9.59. The molecule has 1 amide bonds. The fourth-order valence-corrected chi connectivity index (χ4v) is 6.55. The lowest BCUT2D eigenvalue weighted by molar-refractivity contribution is -0.117. The van der Waals surface area contributed by atoms with E-state index in [1.54, 1.807) is 21.8 Å². The van der Waals surface area contributed by atoms with Gasteiger partial charge in [-0.3, -0.25) is 24.0 Å². The maximum atomic E-state index is 12.1. The van der Waals surface area contributed by atoms with Crippen molar-refractivity contribution in [2.45, 2.75) is 12.8 Å². The maximum Gasteiger partial charge on any atom is 0.227 e. The molecule has 15 heteroatoms. The molecule has 3 N–H and O–H groups in total. The highest BCUT2D eigenvalue weighted by Crippen LogP contribution is 2.38. The molecule has 4 heterocycles. The van der Waals surface area contributed by atoms with Crippen LogP contribution in [0.4, 0.5) is 11.4 Å². The van der Waals surface area contributed by atoms with Crippen LogP contribution < -0.4 is 20.5 Å². The number of rotatable bonds is 12. The van der Waals surface area contributed by atoms with Gasteiger partial charge in [-0.25, -0.2) is 0 Å². The van der Waals surface area contributed by atoms with E-state index in [1.807, 2.05) is 50.5 Å². The molecule has 0 bridgehead atoms. The molecule has 1 saturated carbocycles. The molecule has 1 aliphatic carbocycles. The van der Waals surface area contributed by atoms with Gasteiger partial charge in [-0.1, -0.05) is 23.2 Å². The molecule has 0 radical (unpaired) electrons. The molecule has 4 aromatic rings.